The largest absolute Gasteiger partial charge is 0.497 e. The van der Waals surface area contributed by atoms with Gasteiger partial charge in [-0.3, -0.25) is 15.2 Å². The van der Waals surface area contributed by atoms with Gasteiger partial charge in [-0.05, 0) is 30.7 Å². The maximum atomic E-state index is 11.7. The van der Waals surface area contributed by atoms with E-state index < -0.39 is 11.9 Å². The van der Waals surface area contributed by atoms with Crippen molar-refractivity contribution in [2.45, 2.75) is 24.9 Å². The zero-order valence-corrected chi connectivity index (χ0v) is 15.0. The number of imide groups is 1. The summed E-state index contributed by atoms with van der Waals surface area (Å²) in [7, 11) is 1.60. The SMILES string of the molecule is CCCCNC(=O)NC(=O)CSc1n[nH]c(-c2ccc(OC)cc2)n1. The van der Waals surface area contributed by atoms with Crippen LogP contribution < -0.4 is 15.4 Å². The fourth-order valence-electron chi connectivity index (χ4n) is 1.90. The molecule has 0 fully saturated rings. The number of aromatic amines is 1. The summed E-state index contributed by atoms with van der Waals surface area (Å²) in [6.45, 7) is 2.58. The maximum Gasteiger partial charge on any atom is 0.321 e. The van der Waals surface area contributed by atoms with Gasteiger partial charge in [-0.25, -0.2) is 9.78 Å². The molecule has 0 saturated heterocycles. The van der Waals surface area contributed by atoms with E-state index in [1.807, 2.05) is 31.2 Å². The fourth-order valence-corrected chi connectivity index (χ4v) is 2.50. The lowest BCUT2D eigenvalue weighted by Gasteiger charge is -2.04. The molecular formula is C16H21N5O3S. The van der Waals surface area contributed by atoms with Crippen LogP contribution in [0.3, 0.4) is 0 Å². The van der Waals surface area contributed by atoms with Gasteiger partial charge in [0.05, 0.1) is 12.9 Å². The van der Waals surface area contributed by atoms with Gasteiger partial charge in [0.1, 0.15) is 5.75 Å². The molecule has 8 nitrogen and oxygen atoms in total. The van der Waals surface area contributed by atoms with E-state index in [4.69, 9.17) is 4.74 Å². The molecule has 134 valence electrons. The summed E-state index contributed by atoms with van der Waals surface area (Å²) in [5.41, 5.74) is 0.861. The molecule has 0 bridgehead atoms. The molecule has 1 heterocycles. The number of hydrogen-bond acceptors (Lipinski definition) is 6. The molecule has 9 heteroatoms. The Labute approximate surface area is 150 Å². The molecule has 0 aliphatic heterocycles. The molecule has 0 unspecified atom stereocenters. The van der Waals surface area contributed by atoms with Crippen LogP contribution in [-0.4, -0.2) is 46.5 Å². The summed E-state index contributed by atoms with van der Waals surface area (Å²) >= 11 is 1.15. The third-order valence-electron chi connectivity index (χ3n) is 3.23. The van der Waals surface area contributed by atoms with E-state index in [9.17, 15) is 9.59 Å². The molecule has 0 saturated carbocycles. The first kappa shape index (κ1) is 18.8. The van der Waals surface area contributed by atoms with Crippen molar-refractivity contribution in [3.63, 3.8) is 0 Å². The molecule has 1 aromatic heterocycles. The van der Waals surface area contributed by atoms with E-state index in [1.165, 1.54) is 0 Å². The van der Waals surface area contributed by atoms with Crippen LogP contribution in [-0.2, 0) is 4.79 Å². The topological polar surface area (TPSA) is 109 Å². The van der Waals surface area contributed by atoms with Gasteiger partial charge in [0, 0.05) is 12.1 Å². The van der Waals surface area contributed by atoms with E-state index in [0.717, 1.165) is 35.9 Å². The van der Waals surface area contributed by atoms with E-state index in [2.05, 4.69) is 25.8 Å². The Hall–Kier alpha value is -2.55. The Morgan fingerprint density at radius 1 is 1.28 bits per heavy atom. The summed E-state index contributed by atoms with van der Waals surface area (Å²) in [6, 6.07) is 6.90. The monoisotopic (exact) mass is 363 g/mol. The number of benzene rings is 1. The van der Waals surface area contributed by atoms with Gasteiger partial charge in [-0.1, -0.05) is 25.1 Å². The van der Waals surface area contributed by atoms with Gasteiger partial charge in [-0.2, -0.15) is 0 Å². The van der Waals surface area contributed by atoms with Crippen LogP contribution in [0.2, 0.25) is 0 Å². The lowest BCUT2D eigenvalue weighted by molar-refractivity contribution is -0.117. The van der Waals surface area contributed by atoms with Crippen LogP contribution in [0.5, 0.6) is 5.75 Å². The zero-order chi connectivity index (χ0) is 18.1. The highest BCUT2D eigenvalue weighted by Crippen LogP contribution is 2.21. The zero-order valence-electron chi connectivity index (χ0n) is 14.2. The first-order valence-corrected chi connectivity index (χ1v) is 8.88. The molecule has 0 spiro atoms. The van der Waals surface area contributed by atoms with E-state index in [0.29, 0.717) is 17.5 Å². The second kappa shape index (κ2) is 9.67. The average molecular weight is 363 g/mol. The first-order chi connectivity index (χ1) is 12.1. The fraction of sp³-hybridized carbons (Fsp3) is 0.375. The summed E-state index contributed by atoms with van der Waals surface area (Å²) in [5, 5.41) is 12.2. The van der Waals surface area contributed by atoms with E-state index in [-0.39, 0.29) is 5.75 Å². The highest BCUT2D eigenvalue weighted by molar-refractivity contribution is 7.99. The predicted octanol–water partition coefficient (Wildman–Crippen LogP) is 2.20. The number of nitrogens with one attached hydrogen (secondary N) is 3. The number of amides is 3. The molecule has 3 N–H and O–H groups in total. The second-order valence-corrected chi connectivity index (χ2v) is 6.08. The molecule has 2 rings (SSSR count). The van der Waals surface area contributed by atoms with Crippen LogP contribution in [0.15, 0.2) is 29.4 Å². The molecule has 3 amide bonds. The number of carbonyl (C=O) groups is 2. The quantitative estimate of drug-likeness (QED) is 0.490. The number of urea groups is 1. The number of methoxy groups -OCH3 is 1. The van der Waals surface area contributed by atoms with Crippen molar-refractivity contribution in [3.8, 4) is 17.1 Å². The summed E-state index contributed by atoms with van der Waals surface area (Å²) in [5.74, 6) is 1.02. The number of unbranched alkanes of at least 4 members (excludes halogenated alkanes) is 1. The maximum absolute atomic E-state index is 11.7. The Balaban J connectivity index is 1.80. The van der Waals surface area contributed by atoms with Gasteiger partial charge in [0.2, 0.25) is 11.1 Å². The molecule has 0 aliphatic rings. The molecular weight excluding hydrogens is 342 g/mol. The van der Waals surface area contributed by atoms with Crippen LogP contribution in [0, 0.1) is 0 Å². The number of aromatic nitrogens is 3. The number of H-pyrrole nitrogens is 1. The third-order valence-corrected chi connectivity index (χ3v) is 4.08. The van der Waals surface area contributed by atoms with Gasteiger partial charge in [0.25, 0.3) is 0 Å². The van der Waals surface area contributed by atoms with Gasteiger partial charge in [0.15, 0.2) is 5.82 Å². The number of nitrogens with zero attached hydrogens (tertiary/aromatic N) is 2. The average Bonchev–Trinajstić information content (AvgIpc) is 3.09. The summed E-state index contributed by atoms with van der Waals surface area (Å²) in [6.07, 6.45) is 1.85. The standard InChI is InChI=1S/C16H21N5O3S/c1-3-4-9-17-15(23)18-13(22)10-25-16-19-14(20-21-16)11-5-7-12(24-2)8-6-11/h5-8H,3-4,9-10H2,1-2H3,(H,19,20,21)(H2,17,18,22,23). The molecule has 1 aromatic carbocycles. The number of carbonyl (C=O) groups excluding carboxylic acids is 2. The van der Waals surface area contributed by atoms with Gasteiger partial charge >= 0.3 is 6.03 Å². The number of thioether (sulfide) groups is 1. The van der Waals surface area contributed by atoms with Crippen molar-refractivity contribution in [2.24, 2.45) is 0 Å². The van der Waals surface area contributed by atoms with Gasteiger partial charge < -0.3 is 10.1 Å². The Kier molecular flexibility index (Phi) is 7.27. The minimum Gasteiger partial charge on any atom is -0.497 e. The van der Waals surface area contributed by atoms with E-state index >= 15 is 0 Å². The van der Waals surface area contributed by atoms with Crippen molar-refractivity contribution in [3.05, 3.63) is 24.3 Å². The highest BCUT2D eigenvalue weighted by atomic mass is 32.2. The van der Waals surface area contributed by atoms with Crippen LogP contribution >= 0.6 is 11.8 Å². The number of rotatable bonds is 8. The van der Waals surface area contributed by atoms with Crippen molar-refractivity contribution >= 4 is 23.7 Å². The van der Waals surface area contributed by atoms with Gasteiger partial charge in [-0.15, -0.1) is 5.10 Å². The van der Waals surface area contributed by atoms with Crippen LogP contribution in [0.1, 0.15) is 19.8 Å². The lowest BCUT2D eigenvalue weighted by Crippen LogP contribution is -2.40. The predicted molar refractivity (Wildman–Crippen MR) is 95.5 cm³/mol. The molecule has 25 heavy (non-hydrogen) atoms. The van der Waals surface area contributed by atoms with E-state index in [1.54, 1.807) is 7.11 Å². The summed E-state index contributed by atoms with van der Waals surface area (Å²) < 4.78 is 5.11. The third kappa shape index (κ3) is 6.11. The van der Waals surface area contributed by atoms with Crippen molar-refractivity contribution in [1.82, 2.24) is 25.8 Å². The summed E-state index contributed by atoms with van der Waals surface area (Å²) in [4.78, 5) is 27.5. The van der Waals surface area contributed by atoms with Crippen LogP contribution in [0.25, 0.3) is 11.4 Å². The molecule has 2 aromatic rings. The Bertz CT molecular complexity index is 702. The Morgan fingerprint density at radius 3 is 2.72 bits per heavy atom. The minimum atomic E-state index is -0.479. The molecule has 0 atom stereocenters. The number of ether oxygens (including phenoxy) is 1. The first-order valence-electron chi connectivity index (χ1n) is 7.89. The highest BCUT2D eigenvalue weighted by Gasteiger charge is 2.11. The van der Waals surface area contributed by atoms with Crippen molar-refractivity contribution in [1.29, 1.82) is 0 Å². The molecule has 0 aliphatic carbocycles. The Morgan fingerprint density at radius 2 is 2.04 bits per heavy atom. The van der Waals surface area contributed by atoms with Crippen molar-refractivity contribution in [2.75, 3.05) is 19.4 Å². The normalized spacial score (nSPS) is 10.3. The smallest absolute Gasteiger partial charge is 0.321 e. The number of hydrogen-bond donors (Lipinski definition) is 3. The molecule has 0 radical (unpaired) electrons. The second-order valence-electron chi connectivity index (χ2n) is 5.14. The van der Waals surface area contributed by atoms with Crippen molar-refractivity contribution < 1.29 is 14.3 Å². The van der Waals surface area contributed by atoms with Crippen LogP contribution in [0.4, 0.5) is 4.79 Å². The lowest BCUT2D eigenvalue weighted by atomic mass is 10.2. The minimum absolute atomic E-state index is 0.0567.